The largest absolute Gasteiger partial charge is 0.465 e. The maximum atomic E-state index is 14.0. The van der Waals surface area contributed by atoms with Crippen LogP contribution in [0.3, 0.4) is 0 Å². The molecule has 2 fully saturated rings. The second kappa shape index (κ2) is 16.2. The van der Waals surface area contributed by atoms with E-state index in [0.717, 1.165) is 85.4 Å². The first kappa shape index (κ1) is 37.8. The van der Waals surface area contributed by atoms with Crippen molar-refractivity contribution in [2.24, 2.45) is 0 Å². The zero-order chi connectivity index (χ0) is 40.5. The Balaban J connectivity index is 0.856. The van der Waals surface area contributed by atoms with Crippen LogP contribution in [0, 0.1) is 0 Å². The minimum atomic E-state index is -1.16. The van der Waals surface area contributed by atoms with Gasteiger partial charge in [0, 0.05) is 25.0 Å². The predicted octanol–water partition coefficient (Wildman–Crippen LogP) is 9.85. The summed E-state index contributed by atoms with van der Waals surface area (Å²) in [6.45, 7) is 1.23. The van der Waals surface area contributed by atoms with Gasteiger partial charge in [-0.15, -0.1) is 11.3 Å². The zero-order valence-corrected chi connectivity index (χ0v) is 33.3. The molecule has 11 nitrogen and oxygen atoms in total. The average molecular weight is 802 g/mol. The van der Waals surface area contributed by atoms with Gasteiger partial charge in [0.05, 0.1) is 40.7 Å². The smallest absolute Gasteiger partial charge is 0.407 e. The summed E-state index contributed by atoms with van der Waals surface area (Å²) in [4.78, 5) is 62.7. The van der Waals surface area contributed by atoms with Crippen molar-refractivity contribution in [2.45, 2.75) is 43.8 Å². The van der Waals surface area contributed by atoms with Crippen molar-refractivity contribution in [3.63, 3.8) is 0 Å². The van der Waals surface area contributed by atoms with Gasteiger partial charge in [0.25, 0.3) is 11.8 Å². The van der Waals surface area contributed by atoms with Crippen molar-refractivity contribution < 1.29 is 19.5 Å². The second-order valence-electron chi connectivity index (χ2n) is 15.1. The number of rotatable bonds is 10. The van der Waals surface area contributed by atoms with Crippen LogP contribution in [-0.2, 0) is 4.79 Å². The molecule has 4 aromatic carbocycles. The maximum absolute atomic E-state index is 14.0. The summed E-state index contributed by atoms with van der Waals surface area (Å²) in [5, 5.41) is 9.80. The molecule has 0 radical (unpaired) electrons. The fraction of sp³-hybridized carbons (Fsp3) is 0.213. The van der Waals surface area contributed by atoms with E-state index in [0.29, 0.717) is 24.5 Å². The van der Waals surface area contributed by atoms with Crippen LogP contribution < -0.4 is 0 Å². The van der Waals surface area contributed by atoms with Crippen LogP contribution >= 0.6 is 11.3 Å². The van der Waals surface area contributed by atoms with E-state index in [1.54, 1.807) is 23.2 Å². The number of carbonyl (C=O) groups is 3. The monoisotopic (exact) mass is 801 g/mol. The number of likely N-dealkylation sites (N-methyl/N-ethyl adjacent to an activating group) is 1. The van der Waals surface area contributed by atoms with Gasteiger partial charge in [-0.05, 0) is 71.2 Å². The maximum Gasteiger partial charge on any atom is 0.407 e. The van der Waals surface area contributed by atoms with E-state index in [9.17, 15) is 19.5 Å². The van der Waals surface area contributed by atoms with Crippen molar-refractivity contribution in [1.82, 2.24) is 34.6 Å². The Bertz CT molecular complexity index is 2580. The topological polar surface area (TPSA) is 139 Å². The SMILES string of the molecule is CN(C(=O)O)[C@@H](C(=O)N1CCC[C@H]1c1ncc(-c2ccc(-c3ccc(-c4cnc(C5CCCN5C(=O)c5ccc(-c6ccccc6)s5)[nH]4)cc3)cc2)[nH]1)c1ccccc1. The summed E-state index contributed by atoms with van der Waals surface area (Å²) in [6, 6.07) is 38.5. The number of aromatic amines is 2. The van der Waals surface area contributed by atoms with Crippen LogP contribution in [0.25, 0.3) is 44.1 Å². The molecule has 9 rings (SSSR count). The summed E-state index contributed by atoms with van der Waals surface area (Å²) in [6.07, 6.45) is 5.81. The average Bonchev–Trinajstić information content (AvgIpc) is 4.13. The molecule has 5 heterocycles. The van der Waals surface area contributed by atoms with Crippen molar-refractivity contribution in [1.29, 1.82) is 0 Å². The normalized spacial score (nSPS) is 17.0. The Morgan fingerprint density at radius 3 is 1.73 bits per heavy atom. The van der Waals surface area contributed by atoms with Gasteiger partial charge in [-0.25, -0.2) is 14.8 Å². The van der Waals surface area contributed by atoms with Crippen LogP contribution in [0.5, 0.6) is 0 Å². The van der Waals surface area contributed by atoms with E-state index in [1.165, 1.54) is 18.4 Å². The Hall–Kier alpha value is -6.79. The number of nitrogens with zero attached hydrogens (tertiary/aromatic N) is 5. The lowest BCUT2D eigenvalue weighted by atomic mass is 10.0. The van der Waals surface area contributed by atoms with Gasteiger partial charge >= 0.3 is 6.09 Å². The van der Waals surface area contributed by atoms with Crippen LogP contribution in [0.4, 0.5) is 4.79 Å². The van der Waals surface area contributed by atoms with Crippen molar-refractivity contribution in [3.8, 4) is 44.1 Å². The summed E-state index contributed by atoms with van der Waals surface area (Å²) in [7, 11) is 1.43. The van der Waals surface area contributed by atoms with Gasteiger partial charge in [0.2, 0.25) is 0 Å². The van der Waals surface area contributed by atoms with Gasteiger partial charge in [0.15, 0.2) is 0 Å². The molecular weight excluding hydrogens is 759 g/mol. The molecule has 0 saturated carbocycles. The van der Waals surface area contributed by atoms with Crippen LogP contribution in [0.1, 0.15) is 70.7 Å². The molecule has 7 aromatic rings. The molecular formula is C47H43N7O4S. The van der Waals surface area contributed by atoms with Gasteiger partial charge in [0.1, 0.15) is 17.7 Å². The number of carbonyl (C=O) groups excluding carboxylic acids is 2. The number of hydrogen-bond acceptors (Lipinski definition) is 6. The first-order chi connectivity index (χ1) is 28.8. The van der Waals surface area contributed by atoms with Crippen LogP contribution in [0.2, 0.25) is 0 Å². The number of nitrogens with one attached hydrogen (secondary N) is 2. The number of benzene rings is 4. The third-order valence-corrected chi connectivity index (χ3v) is 12.6. The van der Waals surface area contributed by atoms with E-state index >= 15 is 0 Å². The first-order valence-electron chi connectivity index (χ1n) is 19.9. The van der Waals surface area contributed by atoms with E-state index in [-0.39, 0.29) is 23.9 Å². The van der Waals surface area contributed by atoms with E-state index in [1.807, 2.05) is 59.6 Å². The number of likely N-dealkylation sites (tertiary alicyclic amines) is 2. The Kier molecular flexibility index (Phi) is 10.4. The van der Waals surface area contributed by atoms with Gasteiger partial charge < -0.3 is 24.9 Å². The Morgan fingerprint density at radius 2 is 1.17 bits per heavy atom. The predicted molar refractivity (Wildman–Crippen MR) is 228 cm³/mol. The summed E-state index contributed by atoms with van der Waals surface area (Å²) in [5.41, 5.74) is 7.61. The molecule has 2 aliphatic heterocycles. The molecule has 0 bridgehead atoms. The molecule has 296 valence electrons. The fourth-order valence-corrected chi connectivity index (χ4v) is 9.35. The Labute approximate surface area is 346 Å². The summed E-state index contributed by atoms with van der Waals surface area (Å²) >= 11 is 1.53. The molecule has 0 aliphatic carbocycles. The number of amides is 3. The van der Waals surface area contributed by atoms with E-state index in [2.05, 4.69) is 70.6 Å². The highest BCUT2D eigenvalue weighted by molar-refractivity contribution is 7.17. The highest BCUT2D eigenvalue weighted by Crippen LogP contribution is 2.38. The minimum absolute atomic E-state index is 0.0494. The van der Waals surface area contributed by atoms with Crippen molar-refractivity contribution in [2.75, 3.05) is 20.1 Å². The molecule has 2 aliphatic rings. The quantitative estimate of drug-likeness (QED) is 0.126. The molecule has 12 heteroatoms. The molecule has 59 heavy (non-hydrogen) atoms. The van der Waals surface area contributed by atoms with Crippen molar-refractivity contribution >= 4 is 29.2 Å². The summed E-state index contributed by atoms with van der Waals surface area (Å²) in [5.74, 6) is 1.28. The zero-order valence-electron chi connectivity index (χ0n) is 32.5. The molecule has 3 N–H and O–H groups in total. The lowest BCUT2D eigenvalue weighted by Gasteiger charge is -2.32. The number of thiophene rings is 1. The number of carboxylic acid groups (broad SMARTS) is 1. The minimum Gasteiger partial charge on any atom is -0.465 e. The number of hydrogen-bond donors (Lipinski definition) is 3. The lowest BCUT2D eigenvalue weighted by Crippen LogP contribution is -2.43. The van der Waals surface area contributed by atoms with Gasteiger partial charge in [-0.3, -0.25) is 14.5 Å². The highest BCUT2D eigenvalue weighted by Gasteiger charge is 2.39. The fourth-order valence-electron chi connectivity index (χ4n) is 8.39. The first-order valence-corrected chi connectivity index (χ1v) is 20.7. The second-order valence-corrected chi connectivity index (χ2v) is 16.2. The van der Waals surface area contributed by atoms with Crippen LogP contribution in [-0.4, -0.2) is 77.8 Å². The third-order valence-electron chi connectivity index (χ3n) is 11.5. The summed E-state index contributed by atoms with van der Waals surface area (Å²) < 4.78 is 0. The standard InChI is InChI=1S/C47H43N7O4S/c1-52(47(57)58)42(35-12-6-3-7-13-35)46(56)54-27-9-15-39(54)44-49-29-37(51-44)33-22-18-31(19-23-33)30-16-20-32(21-17-30)36-28-48-43(50-36)38-14-8-26-53(38)45(55)41-25-24-40(59-41)34-10-4-2-5-11-34/h2-7,10-13,16-25,28-29,38-39,42H,8-9,14-15,26-27H2,1H3,(H,48,50)(H,49,51)(H,57,58)/t38?,39-,42+/m0/s1. The molecule has 2 saturated heterocycles. The van der Waals surface area contributed by atoms with Gasteiger partial charge in [-0.1, -0.05) is 109 Å². The lowest BCUT2D eigenvalue weighted by molar-refractivity contribution is -0.137. The number of imidazole rings is 2. The van der Waals surface area contributed by atoms with E-state index < -0.39 is 12.1 Å². The molecule has 3 amide bonds. The molecule has 3 aromatic heterocycles. The van der Waals surface area contributed by atoms with Gasteiger partial charge in [-0.2, -0.15) is 0 Å². The van der Waals surface area contributed by atoms with Crippen molar-refractivity contribution in [3.05, 3.63) is 156 Å². The Morgan fingerprint density at radius 1 is 0.661 bits per heavy atom. The van der Waals surface area contributed by atoms with E-state index in [4.69, 9.17) is 9.97 Å². The number of H-pyrrole nitrogens is 2. The number of aromatic nitrogens is 4. The highest BCUT2D eigenvalue weighted by atomic mass is 32.1. The van der Waals surface area contributed by atoms with Crippen LogP contribution in [0.15, 0.2) is 134 Å². The molecule has 0 spiro atoms. The molecule has 1 unspecified atom stereocenters. The molecule has 3 atom stereocenters. The third kappa shape index (κ3) is 7.54.